The summed E-state index contributed by atoms with van der Waals surface area (Å²) in [6.45, 7) is 2.47. The topological polar surface area (TPSA) is 60.2 Å². The zero-order valence-corrected chi connectivity index (χ0v) is 12.3. The van der Waals surface area contributed by atoms with Crippen molar-refractivity contribution < 1.29 is 8.42 Å². The molecule has 0 saturated heterocycles. The number of hydrogen-bond acceptors (Lipinski definition) is 3. The van der Waals surface area contributed by atoms with Gasteiger partial charge in [-0.3, -0.25) is 0 Å². The van der Waals surface area contributed by atoms with Crippen molar-refractivity contribution in [1.29, 1.82) is 0 Å². The van der Waals surface area contributed by atoms with Gasteiger partial charge in [-0.25, -0.2) is 8.42 Å². The summed E-state index contributed by atoms with van der Waals surface area (Å²) in [5.74, 6) is 0.291. The average Bonchev–Trinajstić information content (AvgIpc) is 2.38. The molecule has 0 aliphatic heterocycles. The van der Waals surface area contributed by atoms with E-state index in [0.29, 0.717) is 6.54 Å². The third kappa shape index (κ3) is 3.57. The largest absolute Gasteiger partial charge is 0.330 e. The van der Waals surface area contributed by atoms with E-state index in [1.165, 1.54) is 0 Å². The van der Waals surface area contributed by atoms with E-state index < -0.39 is 9.84 Å². The first-order valence-corrected chi connectivity index (χ1v) is 8.71. The summed E-state index contributed by atoms with van der Waals surface area (Å²) >= 11 is 0. The predicted octanol–water partition coefficient (Wildman–Crippen LogP) is 2.43. The Balaban J connectivity index is 2.17. The highest BCUT2D eigenvalue weighted by molar-refractivity contribution is 7.91. The fourth-order valence-electron chi connectivity index (χ4n) is 3.06. The molecule has 2 N–H and O–H groups in total. The highest BCUT2D eigenvalue weighted by Crippen LogP contribution is 2.30. The van der Waals surface area contributed by atoms with Crippen molar-refractivity contribution >= 4 is 9.84 Å². The van der Waals surface area contributed by atoms with Gasteiger partial charge in [-0.2, -0.15) is 0 Å². The minimum Gasteiger partial charge on any atom is -0.330 e. The lowest BCUT2D eigenvalue weighted by molar-refractivity contribution is 0.363. The Labute approximate surface area is 116 Å². The first-order chi connectivity index (χ1) is 9.03. The van der Waals surface area contributed by atoms with Crippen LogP contribution in [0, 0.1) is 12.8 Å². The number of hydrogen-bond donors (Lipinski definition) is 1. The lowest BCUT2D eigenvalue weighted by atomic mass is 9.89. The molecule has 3 nitrogen and oxygen atoms in total. The molecule has 1 fully saturated rings. The van der Waals surface area contributed by atoms with Crippen molar-refractivity contribution in [3.8, 4) is 0 Å². The van der Waals surface area contributed by atoms with Crippen molar-refractivity contribution in [2.45, 2.75) is 43.6 Å². The maximum atomic E-state index is 12.6. The molecule has 1 aliphatic rings. The molecule has 1 aliphatic carbocycles. The Bertz CT molecular complexity index is 525. The van der Waals surface area contributed by atoms with E-state index in [-0.39, 0.29) is 16.9 Å². The molecule has 2 rings (SSSR count). The molecule has 19 heavy (non-hydrogen) atoms. The summed E-state index contributed by atoms with van der Waals surface area (Å²) in [6, 6.07) is 7.75. The Hall–Kier alpha value is -0.870. The Morgan fingerprint density at radius 1 is 1.26 bits per heavy atom. The summed E-state index contributed by atoms with van der Waals surface area (Å²) in [4.78, 5) is 0. The van der Waals surface area contributed by atoms with E-state index in [1.54, 1.807) is 0 Å². The summed E-state index contributed by atoms with van der Waals surface area (Å²) in [5.41, 5.74) is 7.74. The van der Waals surface area contributed by atoms with Crippen LogP contribution in [-0.4, -0.2) is 20.2 Å². The smallest absolute Gasteiger partial charge is 0.157 e. The molecule has 0 spiro atoms. The van der Waals surface area contributed by atoms with E-state index in [0.717, 1.165) is 36.8 Å². The van der Waals surface area contributed by atoms with Crippen LogP contribution in [0.1, 0.15) is 36.8 Å². The first-order valence-electron chi connectivity index (χ1n) is 7.00. The van der Waals surface area contributed by atoms with Gasteiger partial charge < -0.3 is 5.73 Å². The number of nitrogens with two attached hydrogens (primary N) is 1. The van der Waals surface area contributed by atoms with Gasteiger partial charge in [0.2, 0.25) is 0 Å². The molecule has 1 aromatic carbocycles. The van der Waals surface area contributed by atoms with Crippen molar-refractivity contribution in [2.75, 3.05) is 6.54 Å². The Morgan fingerprint density at radius 3 is 2.68 bits per heavy atom. The molecular formula is C15H23NO2S. The maximum absolute atomic E-state index is 12.6. The van der Waals surface area contributed by atoms with Gasteiger partial charge in [0.05, 0.1) is 11.0 Å². The molecule has 1 saturated carbocycles. The predicted molar refractivity (Wildman–Crippen MR) is 78.6 cm³/mol. The molecule has 0 radical (unpaired) electrons. The molecule has 106 valence electrons. The maximum Gasteiger partial charge on any atom is 0.157 e. The van der Waals surface area contributed by atoms with Gasteiger partial charge in [0.25, 0.3) is 0 Å². The molecule has 0 bridgehead atoms. The average molecular weight is 281 g/mol. The molecule has 0 aromatic heterocycles. The highest BCUT2D eigenvalue weighted by Gasteiger charge is 2.34. The van der Waals surface area contributed by atoms with Crippen LogP contribution >= 0.6 is 0 Å². The Kier molecular flexibility index (Phi) is 4.63. The quantitative estimate of drug-likeness (QED) is 0.922. The van der Waals surface area contributed by atoms with Crippen molar-refractivity contribution in [3.63, 3.8) is 0 Å². The lowest BCUT2D eigenvalue weighted by Gasteiger charge is -2.30. The normalized spacial score (nSPS) is 24.3. The zero-order chi connectivity index (χ0) is 13.9. The number of benzene rings is 1. The van der Waals surface area contributed by atoms with E-state index in [9.17, 15) is 8.42 Å². The molecule has 2 unspecified atom stereocenters. The third-order valence-corrected chi connectivity index (χ3v) is 6.33. The van der Waals surface area contributed by atoms with Gasteiger partial charge in [-0.05, 0) is 37.8 Å². The SMILES string of the molecule is Cc1cccc(CS(=O)(=O)C2CCCCC2CN)c1. The van der Waals surface area contributed by atoms with Crippen LogP contribution in [0.4, 0.5) is 0 Å². The van der Waals surface area contributed by atoms with Gasteiger partial charge in [0.15, 0.2) is 9.84 Å². The van der Waals surface area contributed by atoms with Crippen LogP contribution < -0.4 is 5.73 Å². The Morgan fingerprint density at radius 2 is 2.00 bits per heavy atom. The molecule has 0 heterocycles. The summed E-state index contributed by atoms with van der Waals surface area (Å²) in [5, 5.41) is -0.244. The van der Waals surface area contributed by atoms with Gasteiger partial charge >= 0.3 is 0 Å². The van der Waals surface area contributed by atoms with Gasteiger partial charge in [0, 0.05) is 0 Å². The number of rotatable bonds is 4. The fraction of sp³-hybridized carbons (Fsp3) is 0.600. The first kappa shape index (κ1) is 14.5. The molecule has 4 heteroatoms. The minimum absolute atomic E-state index is 0.142. The van der Waals surface area contributed by atoms with Crippen LogP contribution in [0.3, 0.4) is 0 Å². The van der Waals surface area contributed by atoms with Crippen LogP contribution in [-0.2, 0) is 15.6 Å². The van der Waals surface area contributed by atoms with Crippen molar-refractivity contribution in [1.82, 2.24) is 0 Å². The molecular weight excluding hydrogens is 258 g/mol. The standard InChI is InChI=1S/C15H23NO2S/c1-12-5-4-6-13(9-12)11-19(17,18)15-8-3-2-7-14(15)10-16/h4-6,9,14-15H,2-3,7-8,10-11,16H2,1H3. The van der Waals surface area contributed by atoms with Gasteiger partial charge in [-0.1, -0.05) is 42.7 Å². The number of aryl methyl sites for hydroxylation is 1. The summed E-state index contributed by atoms with van der Waals surface area (Å²) in [6.07, 6.45) is 3.84. The van der Waals surface area contributed by atoms with Crippen molar-refractivity contribution in [2.24, 2.45) is 11.7 Å². The highest BCUT2D eigenvalue weighted by atomic mass is 32.2. The lowest BCUT2D eigenvalue weighted by Crippen LogP contribution is -2.37. The number of sulfone groups is 1. The van der Waals surface area contributed by atoms with Crippen molar-refractivity contribution in [3.05, 3.63) is 35.4 Å². The third-order valence-electron chi connectivity index (χ3n) is 4.05. The van der Waals surface area contributed by atoms with Gasteiger partial charge in [0.1, 0.15) is 0 Å². The van der Waals surface area contributed by atoms with Crippen LogP contribution in [0.5, 0.6) is 0 Å². The molecule has 0 amide bonds. The fourth-order valence-corrected chi connectivity index (χ4v) is 5.27. The molecule has 2 atom stereocenters. The van der Waals surface area contributed by atoms with Crippen LogP contribution in [0.15, 0.2) is 24.3 Å². The summed E-state index contributed by atoms with van der Waals surface area (Å²) < 4.78 is 25.2. The van der Waals surface area contributed by atoms with E-state index in [1.807, 2.05) is 31.2 Å². The van der Waals surface area contributed by atoms with Crippen LogP contribution in [0.2, 0.25) is 0 Å². The summed E-state index contributed by atoms with van der Waals surface area (Å²) in [7, 11) is -3.09. The zero-order valence-electron chi connectivity index (χ0n) is 11.5. The second-order valence-corrected chi connectivity index (χ2v) is 7.83. The minimum atomic E-state index is -3.09. The second-order valence-electron chi connectivity index (χ2n) is 5.61. The van der Waals surface area contributed by atoms with E-state index in [2.05, 4.69) is 0 Å². The molecule has 1 aromatic rings. The van der Waals surface area contributed by atoms with Crippen LogP contribution in [0.25, 0.3) is 0 Å². The second kappa shape index (κ2) is 6.06. The monoisotopic (exact) mass is 281 g/mol. The van der Waals surface area contributed by atoms with E-state index in [4.69, 9.17) is 5.73 Å². The van der Waals surface area contributed by atoms with Gasteiger partial charge in [-0.15, -0.1) is 0 Å². The van der Waals surface area contributed by atoms with E-state index >= 15 is 0 Å².